The van der Waals surface area contributed by atoms with Crippen molar-refractivity contribution in [3.05, 3.63) is 77.4 Å². The second kappa shape index (κ2) is 5.68. The molecule has 0 atom stereocenters. The molecule has 0 nitrogen and oxygen atoms in total. The van der Waals surface area contributed by atoms with Crippen LogP contribution in [0.2, 0.25) is 0 Å². The van der Waals surface area contributed by atoms with Crippen LogP contribution in [0.25, 0.3) is 5.57 Å². The Morgan fingerprint density at radius 3 is 2.33 bits per heavy atom. The van der Waals surface area contributed by atoms with E-state index in [1.165, 1.54) is 27.8 Å². The maximum absolute atomic E-state index is 3.86. The molecule has 0 heterocycles. The quantitative estimate of drug-likeness (QED) is 0.630. The molecule has 1 aromatic rings. The maximum atomic E-state index is 3.86. The van der Waals surface area contributed by atoms with Crippen LogP contribution in [0.1, 0.15) is 30.9 Å². The summed E-state index contributed by atoms with van der Waals surface area (Å²) in [7, 11) is 0. The summed E-state index contributed by atoms with van der Waals surface area (Å²) in [5.41, 5.74) is 6.74. The highest BCUT2D eigenvalue weighted by atomic mass is 14.1. The van der Waals surface area contributed by atoms with Crippen LogP contribution >= 0.6 is 0 Å². The molecule has 1 aromatic carbocycles. The summed E-state index contributed by atoms with van der Waals surface area (Å²) in [5, 5.41) is 0. The molecule has 0 saturated heterocycles. The van der Waals surface area contributed by atoms with Gasteiger partial charge in [-0.25, -0.2) is 0 Å². The van der Waals surface area contributed by atoms with E-state index in [-0.39, 0.29) is 0 Å². The van der Waals surface area contributed by atoms with Crippen molar-refractivity contribution in [2.45, 2.75) is 26.7 Å². The smallest absolute Gasteiger partial charge is 0.0224 e. The Balaban J connectivity index is 2.24. The molecule has 0 fully saturated rings. The zero-order valence-electron chi connectivity index (χ0n) is 11.2. The van der Waals surface area contributed by atoms with Crippen LogP contribution in [0, 0.1) is 6.92 Å². The standard InChI is InChI=1S/C18H20/c1-4-15(5-2)16-10-12-18(13-11-16)17-8-6-14(3)7-9-17/h4-10,12H,1,11,13H2,2-3H3. The van der Waals surface area contributed by atoms with Crippen LogP contribution in [-0.4, -0.2) is 0 Å². The van der Waals surface area contributed by atoms with Crippen LogP contribution in [-0.2, 0) is 0 Å². The average Bonchev–Trinajstić information content (AvgIpc) is 2.42. The van der Waals surface area contributed by atoms with Crippen molar-refractivity contribution in [1.82, 2.24) is 0 Å². The Bertz CT molecular complexity index is 522. The predicted molar refractivity (Wildman–Crippen MR) is 80.4 cm³/mol. The van der Waals surface area contributed by atoms with Gasteiger partial charge in [0.25, 0.3) is 0 Å². The normalized spacial score (nSPS) is 16.0. The molecule has 1 aliphatic rings. The van der Waals surface area contributed by atoms with Crippen LogP contribution < -0.4 is 0 Å². The molecule has 18 heavy (non-hydrogen) atoms. The second-order valence-corrected chi connectivity index (χ2v) is 4.70. The van der Waals surface area contributed by atoms with Gasteiger partial charge in [0, 0.05) is 0 Å². The highest BCUT2D eigenvalue weighted by molar-refractivity contribution is 5.70. The minimum atomic E-state index is 1.10. The topological polar surface area (TPSA) is 0 Å². The van der Waals surface area contributed by atoms with Crippen LogP contribution in [0.3, 0.4) is 0 Å². The average molecular weight is 236 g/mol. The molecule has 0 spiro atoms. The van der Waals surface area contributed by atoms with E-state index >= 15 is 0 Å². The Kier molecular flexibility index (Phi) is 3.99. The van der Waals surface area contributed by atoms with Crippen molar-refractivity contribution in [3.8, 4) is 0 Å². The third kappa shape index (κ3) is 2.70. The van der Waals surface area contributed by atoms with Crippen molar-refractivity contribution in [3.63, 3.8) is 0 Å². The Morgan fingerprint density at radius 1 is 1.11 bits per heavy atom. The fourth-order valence-electron chi connectivity index (χ4n) is 2.32. The van der Waals surface area contributed by atoms with Gasteiger partial charge < -0.3 is 0 Å². The van der Waals surface area contributed by atoms with E-state index in [1.807, 2.05) is 6.08 Å². The van der Waals surface area contributed by atoms with Crippen molar-refractivity contribution in [2.75, 3.05) is 0 Å². The number of hydrogen-bond donors (Lipinski definition) is 0. The van der Waals surface area contributed by atoms with Crippen molar-refractivity contribution >= 4 is 5.57 Å². The molecule has 92 valence electrons. The van der Waals surface area contributed by atoms with Gasteiger partial charge in [-0.2, -0.15) is 0 Å². The summed E-state index contributed by atoms with van der Waals surface area (Å²) in [5.74, 6) is 0. The van der Waals surface area contributed by atoms with Crippen LogP contribution in [0.5, 0.6) is 0 Å². The summed E-state index contributed by atoms with van der Waals surface area (Å²) < 4.78 is 0. The summed E-state index contributed by atoms with van der Waals surface area (Å²) >= 11 is 0. The Morgan fingerprint density at radius 2 is 1.83 bits per heavy atom. The van der Waals surface area contributed by atoms with Gasteiger partial charge in [0.2, 0.25) is 0 Å². The van der Waals surface area contributed by atoms with Gasteiger partial charge in [-0.15, -0.1) is 0 Å². The zero-order valence-corrected chi connectivity index (χ0v) is 11.2. The van der Waals surface area contributed by atoms with Gasteiger partial charge in [0.15, 0.2) is 0 Å². The van der Waals surface area contributed by atoms with E-state index in [1.54, 1.807) is 0 Å². The molecule has 0 N–H and O–H groups in total. The number of allylic oxidation sites excluding steroid dienone is 7. The zero-order chi connectivity index (χ0) is 13.0. The van der Waals surface area contributed by atoms with Crippen molar-refractivity contribution < 1.29 is 0 Å². The lowest BCUT2D eigenvalue weighted by molar-refractivity contribution is 0.992. The molecular weight excluding hydrogens is 216 g/mol. The molecule has 0 heteroatoms. The highest BCUT2D eigenvalue weighted by Crippen LogP contribution is 2.30. The summed E-state index contributed by atoms with van der Waals surface area (Å²) in [6, 6.07) is 8.78. The molecule has 0 bridgehead atoms. The van der Waals surface area contributed by atoms with E-state index in [9.17, 15) is 0 Å². The number of aryl methyl sites for hydroxylation is 1. The van der Waals surface area contributed by atoms with Gasteiger partial charge >= 0.3 is 0 Å². The van der Waals surface area contributed by atoms with Crippen molar-refractivity contribution in [2.24, 2.45) is 0 Å². The minimum Gasteiger partial charge on any atom is -0.0985 e. The molecular formula is C18H20. The Hall–Kier alpha value is -1.82. The number of hydrogen-bond acceptors (Lipinski definition) is 0. The van der Waals surface area contributed by atoms with Gasteiger partial charge in [-0.05, 0) is 49.0 Å². The fourth-order valence-corrected chi connectivity index (χ4v) is 2.32. The molecule has 2 rings (SSSR count). The predicted octanol–water partition coefficient (Wildman–Crippen LogP) is 5.23. The number of rotatable bonds is 3. The first kappa shape index (κ1) is 12.6. The molecule has 0 amide bonds. The van der Waals surface area contributed by atoms with Crippen LogP contribution in [0.4, 0.5) is 0 Å². The van der Waals surface area contributed by atoms with Gasteiger partial charge in [-0.3, -0.25) is 0 Å². The maximum Gasteiger partial charge on any atom is -0.0224 e. The molecule has 0 aromatic heterocycles. The monoisotopic (exact) mass is 236 g/mol. The third-order valence-corrected chi connectivity index (χ3v) is 3.47. The highest BCUT2D eigenvalue weighted by Gasteiger charge is 2.09. The van der Waals surface area contributed by atoms with E-state index < -0.39 is 0 Å². The number of benzene rings is 1. The van der Waals surface area contributed by atoms with Gasteiger partial charge in [-0.1, -0.05) is 60.7 Å². The van der Waals surface area contributed by atoms with E-state index in [4.69, 9.17) is 0 Å². The molecule has 0 radical (unpaired) electrons. The lowest BCUT2D eigenvalue weighted by Crippen LogP contribution is -1.95. The second-order valence-electron chi connectivity index (χ2n) is 4.70. The Labute approximate surface area is 110 Å². The van der Waals surface area contributed by atoms with Gasteiger partial charge in [0.05, 0.1) is 0 Å². The van der Waals surface area contributed by atoms with Crippen molar-refractivity contribution in [1.29, 1.82) is 0 Å². The SMILES string of the molecule is C=CC(=CC)C1=CC=C(c2ccc(C)cc2)CC1. The van der Waals surface area contributed by atoms with E-state index in [0.29, 0.717) is 0 Å². The first-order chi connectivity index (χ1) is 8.74. The summed E-state index contributed by atoms with van der Waals surface area (Å²) in [4.78, 5) is 0. The molecule has 0 saturated carbocycles. The summed E-state index contributed by atoms with van der Waals surface area (Å²) in [6.45, 7) is 8.06. The third-order valence-electron chi connectivity index (χ3n) is 3.47. The largest absolute Gasteiger partial charge is 0.0985 e. The van der Waals surface area contributed by atoms with E-state index in [2.05, 4.69) is 62.9 Å². The van der Waals surface area contributed by atoms with E-state index in [0.717, 1.165) is 12.8 Å². The minimum absolute atomic E-state index is 1.10. The fraction of sp³-hybridized carbons (Fsp3) is 0.222. The first-order valence-electron chi connectivity index (χ1n) is 6.50. The first-order valence-corrected chi connectivity index (χ1v) is 6.50. The lowest BCUT2D eigenvalue weighted by Gasteiger charge is -2.16. The molecule has 0 unspecified atom stereocenters. The van der Waals surface area contributed by atoms with Gasteiger partial charge in [0.1, 0.15) is 0 Å². The summed E-state index contributed by atoms with van der Waals surface area (Å²) in [6.07, 6.45) is 10.8. The lowest BCUT2D eigenvalue weighted by atomic mass is 9.89. The molecule has 0 aliphatic heterocycles. The van der Waals surface area contributed by atoms with Crippen LogP contribution in [0.15, 0.2) is 66.3 Å². The molecule has 1 aliphatic carbocycles.